The molecule has 0 amide bonds. The maximum absolute atomic E-state index is 13.9. The average Bonchev–Trinajstić information content (AvgIpc) is 3.09. The van der Waals surface area contributed by atoms with Gasteiger partial charge in [0.1, 0.15) is 0 Å². The van der Waals surface area contributed by atoms with E-state index < -0.39 is 6.04 Å². The average molecular weight is 516 g/mol. The molecule has 0 spiro atoms. The van der Waals surface area contributed by atoms with Crippen molar-refractivity contribution in [2.75, 3.05) is 32.0 Å². The minimum atomic E-state index is -0.547. The first-order valence-corrected chi connectivity index (χ1v) is 12.3. The molecule has 2 atom stereocenters. The zero-order chi connectivity index (χ0) is 27.0. The number of rotatable bonds is 6. The number of carbonyl (C=O) groups excluding carboxylic acids is 1. The summed E-state index contributed by atoms with van der Waals surface area (Å²) in [5, 5.41) is 18.7. The van der Waals surface area contributed by atoms with Crippen molar-refractivity contribution >= 4 is 22.8 Å². The number of hydrogen-bond donors (Lipinski definition) is 2. The second-order valence-electron chi connectivity index (χ2n) is 9.43. The van der Waals surface area contributed by atoms with Crippen LogP contribution in [0.4, 0.5) is 17.1 Å². The maximum atomic E-state index is 13.9. The Hall–Kier alpha value is -4.53. The number of nitro groups is 1. The molecule has 9 heteroatoms. The number of benzene rings is 3. The van der Waals surface area contributed by atoms with Gasteiger partial charge in [-0.05, 0) is 54.7 Å². The number of nitrogens with zero attached hydrogens (tertiary/aromatic N) is 1. The first kappa shape index (κ1) is 25.1. The number of hydrogen-bond acceptors (Lipinski definition) is 8. The largest absolute Gasteiger partial charge is 0.493 e. The lowest BCUT2D eigenvalue weighted by Gasteiger charge is -2.30. The van der Waals surface area contributed by atoms with Crippen molar-refractivity contribution in [1.29, 1.82) is 0 Å². The Bertz CT molecular complexity index is 1440. The Kier molecular flexibility index (Phi) is 6.67. The highest BCUT2D eigenvalue weighted by Gasteiger charge is 2.37. The molecule has 0 bridgehead atoms. The number of nitrogens with one attached hydrogen (secondary N) is 2. The molecule has 3 aromatic carbocycles. The number of fused-ring (bicyclic) bond motifs is 1. The van der Waals surface area contributed by atoms with E-state index in [4.69, 9.17) is 14.2 Å². The number of carbonyl (C=O) groups is 1. The van der Waals surface area contributed by atoms with Crippen LogP contribution in [-0.4, -0.2) is 32.0 Å². The predicted molar refractivity (Wildman–Crippen MR) is 144 cm³/mol. The molecule has 0 saturated heterocycles. The summed E-state index contributed by atoms with van der Waals surface area (Å²) in [5.41, 5.74) is 5.17. The Morgan fingerprint density at radius 1 is 0.895 bits per heavy atom. The summed E-state index contributed by atoms with van der Waals surface area (Å²) in [4.78, 5) is 25.2. The van der Waals surface area contributed by atoms with Crippen LogP contribution in [0, 0.1) is 17.0 Å². The lowest BCUT2D eigenvalue weighted by molar-refractivity contribution is -0.385. The maximum Gasteiger partial charge on any atom is 0.272 e. The van der Waals surface area contributed by atoms with Crippen LogP contribution in [0.25, 0.3) is 0 Å². The quantitative estimate of drug-likeness (QED) is 0.308. The van der Waals surface area contributed by atoms with Crippen molar-refractivity contribution in [3.05, 3.63) is 92.7 Å². The van der Waals surface area contributed by atoms with Crippen LogP contribution in [0.15, 0.2) is 65.9 Å². The van der Waals surface area contributed by atoms with Gasteiger partial charge in [-0.3, -0.25) is 14.9 Å². The molecule has 9 nitrogen and oxygen atoms in total. The highest BCUT2D eigenvalue weighted by atomic mass is 16.6. The van der Waals surface area contributed by atoms with Gasteiger partial charge in [0.2, 0.25) is 5.75 Å². The molecule has 0 radical (unpaired) electrons. The Labute approximate surface area is 220 Å². The van der Waals surface area contributed by atoms with Crippen molar-refractivity contribution in [2.45, 2.75) is 31.7 Å². The van der Waals surface area contributed by atoms with Crippen LogP contribution in [0.2, 0.25) is 0 Å². The molecule has 5 rings (SSSR count). The van der Waals surface area contributed by atoms with E-state index >= 15 is 0 Å². The monoisotopic (exact) mass is 515 g/mol. The zero-order valence-electron chi connectivity index (χ0n) is 21.7. The van der Waals surface area contributed by atoms with Crippen molar-refractivity contribution in [3.8, 4) is 17.2 Å². The van der Waals surface area contributed by atoms with Gasteiger partial charge in [-0.15, -0.1) is 0 Å². The number of ether oxygens (including phenoxy) is 3. The van der Waals surface area contributed by atoms with E-state index in [9.17, 15) is 14.9 Å². The number of nitro benzene ring substituents is 1. The molecule has 2 N–H and O–H groups in total. The fraction of sp³-hybridized carbons (Fsp3) is 0.276. The molecule has 2 aliphatic rings. The van der Waals surface area contributed by atoms with Gasteiger partial charge in [-0.2, -0.15) is 0 Å². The molecule has 3 aromatic rings. The summed E-state index contributed by atoms with van der Waals surface area (Å²) in [5.74, 6) is 1.37. The Morgan fingerprint density at radius 3 is 2.21 bits per heavy atom. The first-order chi connectivity index (χ1) is 18.3. The third-order valence-corrected chi connectivity index (χ3v) is 7.23. The van der Waals surface area contributed by atoms with Gasteiger partial charge in [-0.1, -0.05) is 24.3 Å². The van der Waals surface area contributed by atoms with Crippen LogP contribution in [0.1, 0.15) is 41.5 Å². The summed E-state index contributed by atoms with van der Waals surface area (Å²) >= 11 is 0. The zero-order valence-corrected chi connectivity index (χ0v) is 21.7. The van der Waals surface area contributed by atoms with E-state index in [0.29, 0.717) is 40.4 Å². The third-order valence-electron chi connectivity index (χ3n) is 7.23. The molecule has 0 aromatic heterocycles. The minimum absolute atomic E-state index is 0.0236. The highest BCUT2D eigenvalue weighted by molar-refractivity contribution is 6.01. The van der Waals surface area contributed by atoms with Crippen LogP contribution in [-0.2, 0) is 4.79 Å². The number of methoxy groups -OCH3 is 3. The van der Waals surface area contributed by atoms with Gasteiger partial charge in [-0.25, -0.2) is 0 Å². The molecule has 1 aliphatic heterocycles. The number of Topliss-reactive ketones (excluding diaryl/α,β-unsaturated/α-hetero) is 1. The second kappa shape index (κ2) is 10.1. The van der Waals surface area contributed by atoms with Gasteiger partial charge >= 0.3 is 0 Å². The van der Waals surface area contributed by atoms with Crippen LogP contribution in [0.3, 0.4) is 0 Å². The van der Waals surface area contributed by atoms with E-state index in [1.54, 1.807) is 40.4 Å². The lowest BCUT2D eigenvalue weighted by Crippen LogP contribution is -2.27. The molecular weight excluding hydrogens is 486 g/mol. The van der Waals surface area contributed by atoms with Crippen LogP contribution >= 0.6 is 0 Å². The summed E-state index contributed by atoms with van der Waals surface area (Å²) < 4.78 is 16.6. The highest BCUT2D eigenvalue weighted by Crippen LogP contribution is 2.47. The van der Waals surface area contributed by atoms with E-state index in [1.165, 1.54) is 0 Å². The van der Waals surface area contributed by atoms with Gasteiger partial charge in [0.05, 0.1) is 43.7 Å². The summed E-state index contributed by atoms with van der Waals surface area (Å²) in [6.07, 6.45) is 0.821. The van der Waals surface area contributed by atoms with Gasteiger partial charge in [0, 0.05) is 29.3 Å². The van der Waals surface area contributed by atoms with E-state index in [-0.39, 0.29) is 28.7 Å². The number of aryl methyl sites for hydroxylation is 1. The minimum Gasteiger partial charge on any atom is -0.493 e. The summed E-state index contributed by atoms with van der Waals surface area (Å²) in [6.45, 7) is 1.71. The molecular formula is C29H29N3O6. The van der Waals surface area contributed by atoms with Crippen molar-refractivity contribution < 1.29 is 23.9 Å². The summed E-state index contributed by atoms with van der Waals surface area (Å²) in [7, 11) is 4.68. The van der Waals surface area contributed by atoms with E-state index in [1.807, 2.05) is 42.5 Å². The van der Waals surface area contributed by atoms with E-state index in [2.05, 4.69) is 10.6 Å². The lowest BCUT2D eigenvalue weighted by atomic mass is 9.78. The molecule has 0 saturated carbocycles. The molecule has 38 heavy (non-hydrogen) atoms. The Morgan fingerprint density at radius 2 is 1.58 bits per heavy atom. The fourth-order valence-electron chi connectivity index (χ4n) is 5.32. The third kappa shape index (κ3) is 4.40. The molecule has 1 aliphatic carbocycles. The normalized spacial score (nSPS) is 18.4. The molecule has 2 unspecified atom stereocenters. The number of para-hydroxylation sites is 2. The van der Waals surface area contributed by atoms with Crippen molar-refractivity contribution in [3.63, 3.8) is 0 Å². The van der Waals surface area contributed by atoms with Crippen LogP contribution < -0.4 is 24.8 Å². The molecule has 1 heterocycles. The summed E-state index contributed by atoms with van der Waals surface area (Å²) in [6, 6.07) is 16.1. The number of anilines is 2. The predicted octanol–water partition coefficient (Wildman–Crippen LogP) is 5.91. The fourth-order valence-corrected chi connectivity index (χ4v) is 5.32. The Balaban J connectivity index is 1.62. The van der Waals surface area contributed by atoms with E-state index in [0.717, 1.165) is 22.6 Å². The first-order valence-electron chi connectivity index (χ1n) is 12.3. The number of allylic oxidation sites excluding steroid dienone is 1. The van der Waals surface area contributed by atoms with Crippen LogP contribution in [0.5, 0.6) is 17.2 Å². The van der Waals surface area contributed by atoms with Gasteiger partial charge in [0.15, 0.2) is 17.3 Å². The molecule has 196 valence electrons. The SMILES string of the molecule is COc1cc(C2CC(=O)C3=C(C2)Nc2ccccc2NC3c2ccc(C)c([N+](=O)[O-])c2)cc(OC)c1OC. The topological polar surface area (TPSA) is 112 Å². The standard InChI is InChI=1S/C29H29N3O6/c1-16-9-10-17(12-23(16)32(34)35)28-27-22(30-20-7-5-6-8-21(20)31-28)11-18(13-24(27)33)19-14-25(36-2)29(38-4)26(15-19)37-3/h5-10,12,14-15,18,28,30-31H,11,13H2,1-4H3. The van der Waals surface area contributed by atoms with Crippen molar-refractivity contribution in [1.82, 2.24) is 0 Å². The number of ketones is 1. The van der Waals surface area contributed by atoms with Gasteiger partial charge < -0.3 is 24.8 Å². The second-order valence-corrected chi connectivity index (χ2v) is 9.43. The molecule has 0 fully saturated rings. The van der Waals surface area contributed by atoms with Gasteiger partial charge in [0.25, 0.3) is 5.69 Å². The van der Waals surface area contributed by atoms with Crippen molar-refractivity contribution in [2.24, 2.45) is 0 Å². The smallest absolute Gasteiger partial charge is 0.272 e.